The van der Waals surface area contributed by atoms with Crippen LogP contribution in [0.5, 0.6) is 0 Å². The van der Waals surface area contributed by atoms with Crippen molar-refractivity contribution in [1.82, 2.24) is 9.47 Å². The molecule has 3 aromatic rings. The summed E-state index contributed by atoms with van der Waals surface area (Å²) < 4.78 is 2.60. The van der Waals surface area contributed by atoms with Crippen LogP contribution in [0.2, 0.25) is 0 Å². The summed E-state index contributed by atoms with van der Waals surface area (Å²) in [5.41, 5.74) is 6.49. The molecule has 0 atom stereocenters. The van der Waals surface area contributed by atoms with Crippen LogP contribution in [-0.2, 0) is 11.4 Å². The minimum absolute atomic E-state index is 0.224. The molecule has 0 unspecified atom stereocenters. The molecule has 2 aromatic carbocycles. The zero-order valence-corrected chi connectivity index (χ0v) is 19.9. The van der Waals surface area contributed by atoms with Crippen molar-refractivity contribution >= 4 is 22.6 Å². The molecule has 4 aliphatic rings. The highest BCUT2D eigenvalue weighted by molar-refractivity contribution is 6.02. The van der Waals surface area contributed by atoms with E-state index in [0.29, 0.717) is 11.6 Å². The summed E-state index contributed by atoms with van der Waals surface area (Å²) in [5, 5.41) is 15.0. The van der Waals surface area contributed by atoms with Crippen molar-refractivity contribution in [3.63, 3.8) is 0 Å². The lowest BCUT2D eigenvalue weighted by Crippen LogP contribution is -2.44. The number of hydrogen-bond acceptors (Lipinski definition) is 4. The largest absolute Gasteiger partial charge is 0.478 e. The first-order chi connectivity index (χ1) is 17.1. The van der Waals surface area contributed by atoms with Crippen molar-refractivity contribution in [1.29, 1.82) is 0 Å². The normalized spacial score (nSPS) is 21.9. The molecule has 6 nitrogen and oxygen atoms in total. The van der Waals surface area contributed by atoms with Gasteiger partial charge in [0.1, 0.15) is 5.60 Å². The van der Waals surface area contributed by atoms with E-state index >= 15 is 0 Å². The van der Waals surface area contributed by atoms with Crippen LogP contribution in [-0.4, -0.2) is 44.9 Å². The third kappa shape index (κ3) is 3.84. The second kappa shape index (κ2) is 7.95. The zero-order chi connectivity index (χ0) is 23.6. The van der Waals surface area contributed by atoms with Gasteiger partial charge in [0, 0.05) is 56.5 Å². The number of aromatic nitrogens is 1. The highest BCUT2D eigenvalue weighted by atomic mass is 16.7. The van der Waals surface area contributed by atoms with Crippen molar-refractivity contribution in [2.45, 2.75) is 69.1 Å². The van der Waals surface area contributed by atoms with Gasteiger partial charge in [-0.3, -0.25) is 4.90 Å². The van der Waals surface area contributed by atoms with Crippen LogP contribution in [0.15, 0.2) is 53.8 Å². The van der Waals surface area contributed by atoms with Crippen LogP contribution >= 0.6 is 0 Å². The molecule has 7 rings (SSSR count). The topological polar surface area (TPSA) is 67.1 Å². The van der Waals surface area contributed by atoms with E-state index in [4.69, 9.17) is 9.94 Å². The summed E-state index contributed by atoms with van der Waals surface area (Å²) in [6, 6.07) is 14.6. The number of fused-ring (bicyclic) bond motifs is 1. The molecule has 2 aliphatic heterocycles. The number of oxime groups is 1. The van der Waals surface area contributed by atoms with Gasteiger partial charge < -0.3 is 14.5 Å². The Morgan fingerprint density at radius 1 is 1.06 bits per heavy atom. The monoisotopic (exact) mass is 469 g/mol. The minimum atomic E-state index is -0.908. The van der Waals surface area contributed by atoms with E-state index in [2.05, 4.69) is 39.0 Å². The van der Waals surface area contributed by atoms with E-state index in [-0.39, 0.29) is 5.60 Å². The van der Waals surface area contributed by atoms with Gasteiger partial charge in [0.05, 0.1) is 16.8 Å². The summed E-state index contributed by atoms with van der Waals surface area (Å²) in [7, 11) is 0. The lowest BCUT2D eigenvalue weighted by Gasteiger charge is -2.37. The van der Waals surface area contributed by atoms with Gasteiger partial charge in [-0.05, 0) is 60.4 Å². The van der Waals surface area contributed by atoms with E-state index in [1.807, 2.05) is 12.1 Å². The van der Waals surface area contributed by atoms with Crippen molar-refractivity contribution < 1.29 is 14.7 Å². The molecule has 180 valence electrons. The van der Waals surface area contributed by atoms with Crippen LogP contribution in [0.1, 0.15) is 84.0 Å². The maximum absolute atomic E-state index is 11.1. The summed E-state index contributed by atoms with van der Waals surface area (Å²) in [5.74, 6) is -0.142. The van der Waals surface area contributed by atoms with E-state index in [0.717, 1.165) is 56.1 Å². The van der Waals surface area contributed by atoms with Gasteiger partial charge in [-0.25, -0.2) is 4.79 Å². The highest BCUT2D eigenvalue weighted by Gasteiger charge is 2.42. The molecule has 2 aliphatic carbocycles. The highest BCUT2D eigenvalue weighted by Crippen LogP contribution is 2.47. The van der Waals surface area contributed by atoms with Gasteiger partial charge >= 0.3 is 5.97 Å². The second-order valence-electron chi connectivity index (χ2n) is 11.0. The van der Waals surface area contributed by atoms with Crippen LogP contribution in [0, 0.1) is 0 Å². The first kappa shape index (κ1) is 21.2. The number of nitrogens with zero attached hydrogens (tertiary/aromatic N) is 3. The number of likely N-dealkylation sites (tertiary alicyclic amines) is 1. The second-order valence-corrected chi connectivity index (χ2v) is 11.0. The number of carboxylic acid groups (broad SMARTS) is 1. The SMILES string of the molecule is O=C(O)c1ccc(C2=NOC3(CCN(Cc4cn(C5CC5)c5c(C6CC6)cccc45)CC3)C2)cc1. The predicted molar refractivity (Wildman–Crippen MR) is 135 cm³/mol. The standard InChI is InChI=1S/C29H31N3O3/c33-28(34)21-8-6-20(7-9-21)26-16-29(35-30-26)12-14-31(15-13-29)17-22-18-32(23-10-11-23)27-24(19-4-5-19)2-1-3-25(22)27/h1-3,6-9,18-19,23H,4-5,10-17H2,(H,33,34). The van der Waals surface area contributed by atoms with E-state index < -0.39 is 5.97 Å². The lowest BCUT2D eigenvalue weighted by atomic mass is 9.85. The quantitative estimate of drug-likeness (QED) is 0.502. The summed E-state index contributed by atoms with van der Waals surface area (Å²) in [6.07, 6.45) is 10.5. The Kier molecular flexibility index (Phi) is 4.81. The Bertz CT molecular complexity index is 1320. The molecule has 2 saturated carbocycles. The number of hydrogen-bond donors (Lipinski definition) is 1. The number of rotatable bonds is 6. The number of aromatic carboxylic acids is 1. The fourth-order valence-corrected chi connectivity index (χ4v) is 6.01. The molecule has 0 amide bonds. The molecule has 1 N–H and O–H groups in total. The van der Waals surface area contributed by atoms with Gasteiger partial charge in [0.2, 0.25) is 0 Å². The maximum atomic E-state index is 11.1. The number of benzene rings is 2. The maximum Gasteiger partial charge on any atom is 0.335 e. The first-order valence-corrected chi connectivity index (χ1v) is 13.0. The number of carboxylic acids is 1. The van der Waals surface area contributed by atoms with Gasteiger partial charge in [0.15, 0.2) is 0 Å². The van der Waals surface area contributed by atoms with Crippen LogP contribution in [0.4, 0.5) is 0 Å². The van der Waals surface area contributed by atoms with Crippen LogP contribution < -0.4 is 0 Å². The van der Waals surface area contributed by atoms with Crippen LogP contribution in [0.25, 0.3) is 10.9 Å². The predicted octanol–water partition coefficient (Wildman–Crippen LogP) is 5.71. The van der Waals surface area contributed by atoms with Gasteiger partial charge in [-0.15, -0.1) is 0 Å². The van der Waals surface area contributed by atoms with Gasteiger partial charge in [0.25, 0.3) is 0 Å². The third-order valence-corrected chi connectivity index (χ3v) is 8.39. The fraction of sp³-hybridized carbons (Fsp3) is 0.448. The molecule has 0 bridgehead atoms. The average molecular weight is 470 g/mol. The number of carbonyl (C=O) groups is 1. The summed E-state index contributed by atoms with van der Waals surface area (Å²) in [6.45, 7) is 2.99. The summed E-state index contributed by atoms with van der Waals surface area (Å²) >= 11 is 0. The molecule has 35 heavy (non-hydrogen) atoms. The number of para-hydroxylation sites is 1. The van der Waals surface area contributed by atoms with Gasteiger partial charge in [-0.1, -0.05) is 35.5 Å². The Morgan fingerprint density at radius 3 is 2.51 bits per heavy atom. The van der Waals surface area contributed by atoms with Crippen molar-refractivity contribution in [2.24, 2.45) is 5.16 Å². The Balaban J connectivity index is 1.04. The van der Waals surface area contributed by atoms with Crippen molar-refractivity contribution in [3.8, 4) is 0 Å². The Hall–Kier alpha value is -3.12. The van der Waals surface area contributed by atoms with Gasteiger partial charge in [-0.2, -0.15) is 0 Å². The Morgan fingerprint density at radius 2 is 1.83 bits per heavy atom. The van der Waals surface area contributed by atoms with Crippen molar-refractivity contribution in [3.05, 3.63) is 70.9 Å². The smallest absolute Gasteiger partial charge is 0.335 e. The molecule has 3 heterocycles. The molecule has 1 aromatic heterocycles. The Labute approximate surface area is 205 Å². The van der Waals surface area contributed by atoms with E-state index in [9.17, 15) is 4.79 Å². The molecule has 1 saturated heterocycles. The zero-order valence-electron chi connectivity index (χ0n) is 19.9. The first-order valence-electron chi connectivity index (χ1n) is 13.0. The van der Waals surface area contributed by atoms with Crippen LogP contribution in [0.3, 0.4) is 0 Å². The molecule has 0 radical (unpaired) electrons. The minimum Gasteiger partial charge on any atom is -0.478 e. The average Bonchev–Trinajstić information content (AvgIpc) is 3.82. The molecule has 6 heteroatoms. The summed E-state index contributed by atoms with van der Waals surface area (Å²) in [4.78, 5) is 19.7. The van der Waals surface area contributed by atoms with E-state index in [1.165, 1.54) is 42.1 Å². The van der Waals surface area contributed by atoms with Crippen molar-refractivity contribution in [2.75, 3.05) is 13.1 Å². The lowest BCUT2D eigenvalue weighted by molar-refractivity contribution is -0.0626. The molecular formula is C29H31N3O3. The number of piperidine rings is 1. The molecular weight excluding hydrogens is 438 g/mol. The third-order valence-electron chi connectivity index (χ3n) is 8.39. The van der Waals surface area contributed by atoms with E-state index in [1.54, 1.807) is 17.7 Å². The fourth-order valence-electron chi connectivity index (χ4n) is 6.01. The molecule has 1 spiro atoms. The molecule has 3 fully saturated rings.